The SMILES string of the molecule is CCNCc1cncc(-c2ccc3[nH]nc(-c4nc5c(N6CCCCC6)cccc5[nH]4)c3n2)c1. The molecule has 1 aliphatic rings. The number of hydrogen-bond acceptors (Lipinski definition) is 6. The van der Waals surface area contributed by atoms with Gasteiger partial charge < -0.3 is 15.2 Å². The highest BCUT2D eigenvalue weighted by atomic mass is 15.2. The van der Waals surface area contributed by atoms with Crippen molar-refractivity contribution < 1.29 is 0 Å². The second-order valence-corrected chi connectivity index (χ2v) is 8.83. The molecule has 5 heterocycles. The second kappa shape index (κ2) is 8.87. The Morgan fingerprint density at radius 2 is 1.88 bits per heavy atom. The maximum absolute atomic E-state index is 4.99. The molecule has 5 aromatic rings. The van der Waals surface area contributed by atoms with Crippen molar-refractivity contribution in [2.75, 3.05) is 24.5 Å². The summed E-state index contributed by atoms with van der Waals surface area (Å²) < 4.78 is 0. The molecule has 1 aromatic carbocycles. The Hall–Kier alpha value is -3.78. The normalized spacial score (nSPS) is 14.3. The molecule has 34 heavy (non-hydrogen) atoms. The third-order valence-electron chi connectivity index (χ3n) is 6.49. The molecule has 172 valence electrons. The van der Waals surface area contributed by atoms with E-state index >= 15 is 0 Å². The Morgan fingerprint density at radius 1 is 0.971 bits per heavy atom. The van der Waals surface area contributed by atoms with Crippen LogP contribution in [0.1, 0.15) is 31.7 Å². The van der Waals surface area contributed by atoms with Crippen molar-refractivity contribution in [3.8, 4) is 22.8 Å². The number of piperidine rings is 1. The molecule has 0 saturated carbocycles. The Kier molecular flexibility index (Phi) is 5.43. The van der Waals surface area contributed by atoms with Gasteiger partial charge in [-0.1, -0.05) is 13.0 Å². The van der Waals surface area contributed by atoms with Crippen molar-refractivity contribution in [2.45, 2.75) is 32.7 Å². The summed E-state index contributed by atoms with van der Waals surface area (Å²) in [5.41, 5.74) is 8.60. The molecular formula is C26H28N8. The van der Waals surface area contributed by atoms with Crippen molar-refractivity contribution in [3.05, 3.63) is 54.4 Å². The van der Waals surface area contributed by atoms with Gasteiger partial charge in [-0.25, -0.2) is 9.97 Å². The molecule has 6 rings (SSSR count). The summed E-state index contributed by atoms with van der Waals surface area (Å²) in [5.74, 6) is 0.731. The third kappa shape index (κ3) is 3.80. The van der Waals surface area contributed by atoms with Crippen LogP contribution in [0.2, 0.25) is 0 Å². The molecule has 0 amide bonds. The van der Waals surface area contributed by atoms with Gasteiger partial charge in [0.1, 0.15) is 11.0 Å². The van der Waals surface area contributed by atoms with Gasteiger partial charge in [0.25, 0.3) is 0 Å². The van der Waals surface area contributed by atoms with E-state index in [1.807, 2.05) is 24.5 Å². The van der Waals surface area contributed by atoms with E-state index in [0.29, 0.717) is 0 Å². The molecule has 0 atom stereocenters. The van der Waals surface area contributed by atoms with Crippen molar-refractivity contribution in [1.82, 2.24) is 35.5 Å². The molecule has 0 bridgehead atoms. The number of anilines is 1. The molecule has 1 saturated heterocycles. The van der Waals surface area contributed by atoms with Crippen LogP contribution in [0.15, 0.2) is 48.8 Å². The zero-order chi connectivity index (χ0) is 22.9. The number of aromatic nitrogens is 6. The van der Waals surface area contributed by atoms with Crippen LogP contribution in [-0.4, -0.2) is 49.8 Å². The van der Waals surface area contributed by atoms with Crippen molar-refractivity contribution >= 4 is 27.8 Å². The smallest absolute Gasteiger partial charge is 0.161 e. The van der Waals surface area contributed by atoms with Gasteiger partial charge in [0, 0.05) is 37.6 Å². The van der Waals surface area contributed by atoms with E-state index in [9.17, 15) is 0 Å². The van der Waals surface area contributed by atoms with Crippen LogP contribution < -0.4 is 10.2 Å². The fraction of sp³-hybridized carbons (Fsp3) is 0.308. The average Bonchev–Trinajstić information content (AvgIpc) is 3.51. The number of H-pyrrole nitrogens is 2. The summed E-state index contributed by atoms with van der Waals surface area (Å²) in [4.78, 5) is 20.3. The van der Waals surface area contributed by atoms with Gasteiger partial charge in [0.05, 0.1) is 22.4 Å². The number of fused-ring (bicyclic) bond motifs is 2. The summed E-state index contributed by atoms with van der Waals surface area (Å²) in [7, 11) is 0. The van der Waals surface area contributed by atoms with Crippen LogP contribution in [0.5, 0.6) is 0 Å². The van der Waals surface area contributed by atoms with Gasteiger partial charge in [0.2, 0.25) is 0 Å². The first-order chi connectivity index (χ1) is 16.8. The quantitative estimate of drug-likeness (QED) is 0.347. The van der Waals surface area contributed by atoms with E-state index < -0.39 is 0 Å². The lowest BCUT2D eigenvalue weighted by Crippen LogP contribution is -2.29. The monoisotopic (exact) mass is 452 g/mol. The van der Waals surface area contributed by atoms with E-state index in [1.54, 1.807) is 0 Å². The van der Waals surface area contributed by atoms with E-state index in [2.05, 4.69) is 61.6 Å². The van der Waals surface area contributed by atoms with Crippen LogP contribution in [0.25, 0.3) is 44.8 Å². The second-order valence-electron chi connectivity index (χ2n) is 8.83. The summed E-state index contributed by atoms with van der Waals surface area (Å²) in [5, 5.41) is 11.0. The van der Waals surface area contributed by atoms with Crippen LogP contribution in [0, 0.1) is 0 Å². The largest absolute Gasteiger partial charge is 0.370 e. The summed E-state index contributed by atoms with van der Waals surface area (Å²) in [6, 6.07) is 12.5. The highest BCUT2D eigenvalue weighted by molar-refractivity contribution is 5.95. The van der Waals surface area contributed by atoms with E-state index in [4.69, 9.17) is 9.97 Å². The fourth-order valence-electron chi connectivity index (χ4n) is 4.74. The molecule has 8 heteroatoms. The van der Waals surface area contributed by atoms with Gasteiger partial charge in [0.15, 0.2) is 11.5 Å². The van der Waals surface area contributed by atoms with Crippen molar-refractivity contribution in [2.24, 2.45) is 0 Å². The molecule has 1 fully saturated rings. The minimum atomic E-state index is 0.731. The zero-order valence-electron chi connectivity index (χ0n) is 19.3. The number of rotatable bonds is 6. The van der Waals surface area contributed by atoms with E-state index in [1.165, 1.54) is 24.9 Å². The Balaban J connectivity index is 1.40. The van der Waals surface area contributed by atoms with Gasteiger partial charge in [-0.05, 0) is 61.7 Å². The van der Waals surface area contributed by atoms with Gasteiger partial charge in [-0.3, -0.25) is 10.1 Å². The van der Waals surface area contributed by atoms with Crippen LogP contribution in [-0.2, 0) is 6.54 Å². The number of nitrogens with one attached hydrogen (secondary N) is 3. The third-order valence-corrected chi connectivity index (χ3v) is 6.49. The molecule has 0 spiro atoms. The minimum Gasteiger partial charge on any atom is -0.370 e. The molecule has 1 aliphatic heterocycles. The molecule has 0 unspecified atom stereocenters. The zero-order valence-corrected chi connectivity index (χ0v) is 19.3. The van der Waals surface area contributed by atoms with Crippen LogP contribution >= 0.6 is 0 Å². The van der Waals surface area contributed by atoms with Crippen LogP contribution in [0.4, 0.5) is 5.69 Å². The van der Waals surface area contributed by atoms with E-state index in [0.717, 1.165) is 76.6 Å². The Bertz CT molecular complexity index is 1440. The molecule has 4 aromatic heterocycles. The number of benzene rings is 1. The average molecular weight is 453 g/mol. The first kappa shape index (κ1) is 20.8. The lowest BCUT2D eigenvalue weighted by Gasteiger charge is -2.28. The number of imidazole rings is 1. The first-order valence-electron chi connectivity index (χ1n) is 12.0. The summed E-state index contributed by atoms with van der Waals surface area (Å²) in [6.07, 6.45) is 7.51. The van der Waals surface area contributed by atoms with E-state index in [-0.39, 0.29) is 0 Å². The Morgan fingerprint density at radius 3 is 2.76 bits per heavy atom. The summed E-state index contributed by atoms with van der Waals surface area (Å²) >= 11 is 0. The van der Waals surface area contributed by atoms with Crippen molar-refractivity contribution in [3.63, 3.8) is 0 Å². The maximum atomic E-state index is 4.99. The molecule has 8 nitrogen and oxygen atoms in total. The van der Waals surface area contributed by atoms with Gasteiger partial charge in [-0.15, -0.1) is 0 Å². The maximum Gasteiger partial charge on any atom is 0.161 e. The first-order valence-corrected chi connectivity index (χ1v) is 12.0. The Labute approximate surface area is 197 Å². The fourth-order valence-corrected chi connectivity index (χ4v) is 4.74. The lowest BCUT2D eigenvalue weighted by atomic mass is 10.1. The number of hydrogen-bond donors (Lipinski definition) is 3. The lowest BCUT2D eigenvalue weighted by molar-refractivity contribution is 0.579. The van der Waals surface area contributed by atoms with Crippen LogP contribution in [0.3, 0.4) is 0 Å². The number of para-hydroxylation sites is 1. The minimum absolute atomic E-state index is 0.731. The number of pyridine rings is 2. The highest BCUT2D eigenvalue weighted by Gasteiger charge is 2.19. The highest BCUT2D eigenvalue weighted by Crippen LogP contribution is 2.32. The molecular weight excluding hydrogens is 424 g/mol. The van der Waals surface area contributed by atoms with Crippen molar-refractivity contribution in [1.29, 1.82) is 0 Å². The molecule has 3 N–H and O–H groups in total. The number of nitrogens with zero attached hydrogens (tertiary/aromatic N) is 5. The molecule has 0 radical (unpaired) electrons. The predicted molar refractivity (Wildman–Crippen MR) is 136 cm³/mol. The number of aromatic amines is 2. The molecule has 0 aliphatic carbocycles. The predicted octanol–water partition coefficient (Wildman–Crippen LogP) is 4.66. The summed E-state index contributed by atoms with van der Waals surface area (Å²) in [6.45, 7) is 5.97. The standard InChI is InChI=1S/C26H28N8/c1-2-27-14-17-13-18(16-28-15-17)19-9-10-21-24(29-19)25(33-32-21)26-30-20-7-6-8-22(23(20)31-26)34-11-4-3-5-12-34/h6-10,13,15-16,27H,2-5,11-12,14H2,1H3,(H,30,31)(H,32,33). The van der Waals surface area contributed by atoms with Gasteiger partial charge in [-0.2, -0.15) is 5.10 Å². The van der Waals surface area contributed by atoms with Gasteiger partial charge >= 0.3 is 0 Å². The topological polar surface area (TPSA) is 98.4 Å².